The van der Waals surface area contributed by atoms with Gasteiger partial charge in [0.2, 0.25) is 5.91 Å². The van der Waals surface area contributed by atoms with E-state index in [-0.39, 0.29) is 23.8 Å². The lowest BCUT2D eigenvalue weighted by molar-refractivity contribution is -0.123. The van der Waals surface area contributed by atoms with Gasteiger partial charge in [-0.1, -0.05) is 50.6 Å². The van der Waals surface area contributed by atoms with E-state index in [0.29, 0.717) is 23.7 Å². The van der Waals surface area contributed by atoms with Gasteiger partial charge in [0, 0.05) is 17.3 Å². The van der Waals surface area contributed by atoms with Crippen LogP contribution in [0.2, 0.25) is 5.02 Å². The number of hydrogen-bond donors (Lipinski definition) is 2. The first-order valence-electron chi connectivity index (χ1n) is 8.83. The van der Waals surface area contributed by atoms with E-state index in [1.54, 1.807) is 6.07 Å². The monoisotopic (exact) mass is 386 g/mol. The van der Waals surface area contributed by atoms with Gasteiger partial charge in [0.15, 0.2) is 6.61 Å². The fraction of sp³-hybridized carbons (Fsp3) is 0.333. The van der Waals surface area contributed by atoms with Crippen LogP contribution in [-0.4, -0.2) is 18.4 Å². The van der Waals surface area contributed by atoms with Gasteiger partial charge in [-0.2, -0.15) is 0 Å². The molecule has 0 atom stereocenters. The average molecular weight is 387 g/mol. The molecule has 1 aliphatic rings. The summed E-state index contributed by atoms with van der Waals surface area (Å²) < 4.78 is 5.54. The molecule has 142 valence electrons. The van der Waals surface area contributed by atoms with Gasteiger partial charge >= 0.3 is 0 Å². The number of rotatable bonds is 5. The molecule has 0 aromatic heterocycles. The van der Waals surface area contributed by atoms with Gasteiger partial charge < -0.3 is 15.4 Å². The third-order valence-electron chi connectivity index (χ3n) is 4.40. The molecule has 2 amide bonds. The van der Waals surface area contributed by atoms with E-state index in [2.05, 4.69) is 31.4 Å². The standard InChI is InChI=1S/C21H23ClN2O3/c1-21(2,3)16-6-5-15(10-17(16)22)27-12-20(26)23-11-13-4-7-18-14(8-13)9-19(25)24-18/h4-8,10H,9,11-12H2,1-3H3,(H,23,26)(H,24,25). The molecule has 0 aliphatic carbocycles. The first-order valence-corrected chi connectivity index (χ1v) is 9.21. The van der Waals surface area contributed by atoms with E-state index >= 15 is 0 Å². The van der Waals surface area contributed by atoms with Crippen molar-refractivity contribution in [3.8, 4) is 5.75 Å². The summed E-state index contributed by atoms with van der Waals surface area (Å²) in [7, 11) is 0. The lowest BCUT2D eigenvalue weighted by Crippen LogP contribution is -2.28. The lowest BCUT2D eigenvalue weighted by Gasteiger charge is -2.21. The molecule has 5 nitrogen and oxygen atoms in total. The summed E-state index contributed by atoms with van der Waals surface area (Å²) in [5.41, 5.74) is 3.72. The molecule has 0 fully saturated rings. The zero-order valence-electron chi connectivity index (χ0n) is 15.7. The number of carbonyl (C=O) groups is 2. The van der Waals surface area contributed by atoms with Crippen molar-refractivity contribution >= 4 is 29.1 Å². The second-order valence-corrected chi connectivity index (χ2v) is 8.08. The van der Waals surface area contributed by atoms with Crippen molar-refractivity contribution in [2.24, 2.45) is 0 Å². The zero-order chi connectivity index (χ0) is 19.6. The quantitative estimate of drug-likeness (QED) is 0.820. The van der Waals surface area contributed by atoms with Crippen molar-refractivity contribution < 1.29 is 14.3 Å². The zero-order valence-corrected chi connectivity index (χ0v) is 16.4. The van der Waals surface area contributed by atoms with Crippen LogP contribution in [0.1, 0.15) is 37.5 Å². The van der Waals surface area contributed by atoms with Crippen LogP contribution in [0.4, 0.5) is 5.69 Å². The molecule has 3 rings (SSSR count). The van der Waals surface area contributed by atoms with Gasteiger partial charge in [-0.15, -0.1) is 0 Å². The van der Waals surface area contributed by atoms with Crippen LogP contribution in [0, 0.1) is 0 Å². The van der Waals surface area contributed by atoms with Gasteiger partial charge in [-0.3, -0.25) is 9.59 Å². The highest BCUT2D eigenvalue weighted by atomic mass is 35.5. The molecule has 0 radical (unpaired) electrons. The van der Waals surface area contributed by atoms with Crippen LogP contribution in [0.15, 0.2) is 36.4 Å². The molecule has 0 saturated heterocycles. The Hall–Kier alpha value is -2.53. The summed E-state index contributed by atoms with van der Waals surface area (Å²) in [5.74, 6) is 0.335. The van der Waals surface area contributed by atoms with Crippen molar-refractivity contribution in [2.75, 3.05) is 11.9 Å². The molecule has 0 saturated carbocycles. The highest BCUT2D eigenvalue weighted by Crippen LogP contribution is 2.32. The Balaban J connectivity index is 1.51. The number of carbonyl (C=O) groups excluding carboxylic acids is 2. The van der Waals surface area contributed by atoms with Crippen LogP contribution in [0.25, 0.3) is 0 Å². The number of nitrogens with one attached hydrogen (secondary N) is 2. The topological polar surface area (TPSA) is 67.4 Å². The van der Waals surface area contributed by atoms with Crippen molar-refractivity contribution in [1.29, 1.82) is 0 Å². The molecule has 0 bridgehead atoms. The first kappa shape index (κ1) is 19.2. The van der Waals surface area contributed by atoms with Crippen LogP contribution >= 0.6 is 11.6 Å². The smallest absolute Gasteiger partial charge is 0.258 e. The molecule has 27 heavy (non-hydrogen) atoms. The number of anilines is 1. The number of ether oxygens (including phenoxy) is 1. The number of fused-ring (bicyclic) bond motifs is 1. The van der Waals surface area contributed by atoms with E-state index < -0.39 is 0 Å². The molecule has 2 N–H and O–H groups in total. The minimum Gasteiger partial charge on any atom is -0.484 e. The fourth-order valence-electron chi connectivity index (χ4n) is 2.99. The largest absolute Gasteiger partial charge is 0.484 e. The molecule has 0 unspecified atom stereocenters. The van der Waals surface area contributed by atoms with Crippen LogP contribution in [-0.2, 0) is 28.0 Å². The van der Waals surface area contributed by atoms with E-state index in [0.717, 1.165) is 22.4 Å². The minimum absolute atomic E-state index is 0.00396. The number of hydrogen-bond acceptors (Lipinski definition) is 3. The molecular formula is C21H23ClN2O3. The number of benzene rings is 2. The van der Waals surface area contributed by atoms with E-state index in [1.165, 1.54) is 0 Å². The van der Waals surface area contributed by atoms with Crippen molar-refractivity contribution in [1.82, 2.24) is 5.32 Å². The number of halogens is 1. The highest BCUT2D eigenvalue weighted by molar-refractivity contribution is 6.31. The van der Waals surface area contributed by atoms with E-state index in [4.69, 9.17) is 16.3 Å². The maximum atomic E-state index is 12.1. The summed E-state index contributed by atoms with van der Waals surface area (Å²) in [6, 6.07) is 11.2. The maximum Gasteiger partial charge on any atom is 0.258 e. The summed E-state index contributed by atoms with van der Waals surface area (Å²) in [6.07, 6.45) is 0.381. The Bertz CT molecular complexity index is 887. The summed E-state index contributed by atoms with van der Waals surface area (Å²) in [6.45, 7) is 6.57. The Labute approximate surface area is 164 Å². The van der Waals surface area contributed by atoms with Gasteiger partial charge in [0.05, 0.1) is 6.42 Å². The first-order chi connectivity index (χ1) is 12.7. The van der Waals surface area contributed by atoms with Gasteiger partial charge in [0.1, 0.15) is 5.75 Å². The second kappa shape index (κ2) is 7.61. The van der Waals surface area contributed by atoms with Gasteiger partial charge in [-0.25, -0.2) is 0 Å². The minimum atomic E-state index is -0.222. The maximum absolute atomic E-state index is 12.1. The SMILES string of the molecule is CC(C)(C)c1ccc(OCC(=O)NCc2ccc3c(c2)CC(=O)N3)cc1Cl. The van der Waals surface area contributed by atoms with E-state index in [1.807, 2.05) is 30.3 Å². The van der Waals surface area contributed by atoms with Crippen molar-refractivity contribution in [3.05, 3.63) is 58.1 Å². The van der Waals surface area contributed by atoms with Gasteiger partial charge in [-0.05, 0) is 40.3 Å². The molecule has 1 aliphatic heterocycles. The fourth-order valence-corrected chi connectivity index (χ4v) is 3.44. The average Bonchev–Trinajstić information content (AvgIpc) is 2.96. The Kier molecular flexibility index (Phi) is 5.42. The van der Waals surface area contributed by atoms with Crippen LogP contribution < -0.4 is 15.4 Å². The normalized spacial score (nSPS) is 13.1. The third-order valence-corrected chi connectivity index (χ3v) is 4.72. The van der Waals surface area contributed by atoms with E-state index in [9.17, 15) is 9.59 Å². The predicted octanol–water partition coefficient (Wildman–Crippen LogP) is 3.83. The van der Waals surface area contributed by atoms with Crippen molar-refractivity contribution in [3.63, 3.8) is 0 Å². The Morgan fingerprint density at radius 3 is 2.70 bits per heavy atom. The molecule has 2 aromatic rings. The molecular weight excluding hydrogens is 364 g/mol. The van der Waals surface area contributed by atoms with Crippen molar-refractivity contribution in [2.45, 2.75) is 39.2 Å². The summed E-state index contributed by atoms with van der Waals surface area (Å²) in [4.78, 5) is 23.4. The molecule has 0 spiro atoms. The molecule has 1 heterocycles. The Morgan fingerprint density at radius 2 is 2.00 bits per heavy atom. The van der Waals surface area contributed by atoms with Crippen LogP contribution in [0.5, 0.6) is 5.75 Å². The summed E-state index contributed by atoms with van der Waals surface area (Å²) in [5, 5.41) is 6.23. The summed E-state index contributed by atoms with van der Waals surface area (Å²) >= 11 is 6.32. The van der Waals surface area contributed by atoms with Crippen LogP contribution in [0.3, 0.4) is 0 Å². The lowest BCUT2D eigenvalue weighted by atomic mass is 9.87. The number of amides is 2. The molecule has 2 aromatic carbocycles. The third kappa shape index (κ3) is 4.80. The van der Waals surface area contributed by atoms with Gasteiger partial charge in [0.25, 0.3) is 5.91 Å². The molecule has 6 heteroatoms. The highest BCUT2D eigenvalue weighted by Gasteiger charge is 2.18. The predicted molar refractivity (Wildman–Crippen MR) is 106 cm³/mol. The second-order valence-electron chi connectivity index (χ2n) is 7.67. The Morgan fingerprint density at radius 1 is 1.22 bits per heavy atom.